The summed E-state index contributed by atoms with van der Waals surface area (Å²) in [5.74, 6) is 0.863. The van der Waals surface area contributed by atoms with Crippen molar-refractivity contribution in [1.29, 1.82) is 0 Å². The molecular formula is C16H20N4O. The lowest BCUT2D eigenvalue weighted by atomic mass is 10.2. The van der Waals surface area contributed by atoms with Crippen LogP contribution in [0.15, 0.2) is 41.2 Å². The second-order valence-corrected chi connectivity index (χ2v) is 5.32. The molecule has 5 heteroatoms. The Morgan fingerprint density at radius 2 is 1.95 bits per heavy atom. The van der Waals surface area contributed by atoms with Crippen molar-refractivity contribution in [2.75, 3.05) is 31.1 Å². The maximum Gasteiger partial charge on any atom is 0.271 e. The van der Waals surface area contributed by atoms with Gasteiger partial charge in [-0.2, -0.15) is 4.68 Å². The molecule has 3 rings (SSSR count). The van der Waals surface area contributed by atoms with Gasteiger partial charge >= 0.3 is 0 Å². The number of aryl methyl sites for hydroxylation is 1. The van der Waals surface area contributed by atoms with Gasteiger partial charge in [0.1, 0.15) is 5.82 Å². The highest BCUT2D eigenvalue weighted by Gasteiger charge is 2.13. The van der Waals surface area contributed by atoms with E-state index in [1.165, 1.54) is 4.68 Å². The summed E-state index contributed by atoms with van der Waals surface area (Å²) < 4.78 is 1.50. The molecule has 1 saturated heterocycles. The lowest BCUT2D eigenvalue weighted by molar-refractivity contribution is 0.723. The molecule has 21 heavy (non-hydrogen) atoms. The lowest BCUT2D eigenvalue weighted by Crippen LogP contribution is -2.31. The van der Waals surface area contributed by atoms with Gasteiger partial charge in [0.15, 0.2) is 0 Å². The average Bonchev–Trinajstić information content (AvgIpc) is 2.78. The topological polar surface area (TPSA) is 50.2 Å². The first-order chi connectivity index (χ1) is 10.3. The smallest absolute Gasteiger partial charge is 0.271 e. The molecule has 0 aliphatic carbocycles. The molecule has 1 N–H and O–H groups in total. The standard InChI is InChI=1S/C16H20N4O/c1-13-5-2-3-6-14(13)20-16(21)8-7-15(18-20)19-11-4-9-17-10-12-19/h2-3,5-8,17H,4,9-12H2,1H3. The van der Waals surface area contributed by atoms with Crippen molar-refractivity contribution < 1.29 is 0 Å². The van der Waals surface area contributed by atoms with Gasteiger partial charge in [-0.05, 0) is 37.6 Å². The molecule has 0 atom stereocenters. The average molecular weight is 284 g/mol. The van der Waals surface area contributed by atoms with E-state index >= 15 is 0 Å². The van der Waals surface area contributed by atoms with Crippen LogP contribution >= 0.6 is 0 Å². The number of para-hydroxylation sites is 1. The molecule has 0 unspecified atom stereocenters. The van der Waals surface area contributed by atoms with Crippen molar-refractivity contribution in [2.24, 2.45) is 0 Å². The number of hydrogen-bond donors (Lipinski definition) is 1. The van der Waals surface area contributed by atoms with E-state index < -0.39 is 0 Å². The van der Waals surface area contributed by atoms with Crippen molar-refractivity contribution in [3.63, 3.8) is 0 Å². The van der Waals surface area contributed by atoms with E-state index in [-0.39, 0.29) is 5.56 Å². The van der Waals surface area contributed by atoms with Gasteiger partial charge in [-0.1, -0.05) is 18.2 Å². The zero-order chi connectivity index (χ0) is 14.7. The van der Waals surface area contributed by atoms with Gasteiger partial charge in [-0.3, -0.25) is 4.79 Å². The Bertz CT molecular complexity index is 672. The molecule has 0 saturated carbocycles. The van der Waals surface area contributed by atoms with Crippen LogP contribution in [-0.2, 0) is 0 Å². The first-order valence-corrected chi connectivity index (χ1v) is 7.38. The van der Waals surface area contributed by atoms with Gasteiger partial charge in [0.2, 0.25) is 0 Å². The molecular weight excluding hydrogens is 264 g/mol. The van der Waals surface area contributed by atoms with Crippen LogP contribution in [-0.4, -0.2) is 36.0 Å². The van der Waals surface area contributed by atoms with Crippen LogP contribution in [0.1, 0.15) is 12.0 Å². The number of rotatable bonds is 2. The molecule has 2 aromatic rings. The minimum Gasteiger partial charge on any atom is -0.354 e. The molecule has 0 amide bonds. The normalized spacial score (nSPS) is 15.8. The maximum atomic E-state index is 12.1. The Morgan fingerprint density at radius 1 is 1.10 bits per heavy atom. The number of aromatic nitrogens is 2. The predicted molar refractivity (Wildman–Crippen MR) is 84.3 cm³/mol. The number of anilines is 1. The molecule has 110 valence electrons. The van der Waals surface area contributed by atoms with E-state index in [0.717, 1.165) is 49.7 Å². The van der Waals surface area contributed by atoms with Gasteiger partial charge in [-0.15, -0.1) is 5.10 Å². The first kappa shape index (κ1) is 13.8. The zero-order valence-corrected chi connectivity index (χ0v) is 12.2. The molecule has 0 bridgehead atoms. The molecule has 1 aliphatic rings. The highest BCUT2D eigenvalue weighted by Crippen LogP contribution is 2.14. The number of nitrogens with one attached hydrogen (secondary N) is 1. The van der Waals surface area contributed by atoms with Gasteiger partial charge in [0, 0.05) is 25.7 Å². The fraction of sp³-hybridized carbons (Fsp3) is 0.375. The fourth-order valence-electron chi connectivity index (χ4n) is 2.62. The quantitative estimate of drug-likeness (QED) is 0.904. The van der Waals surface area contributed by atoms with Crippen LogP contribution in [0.5, 0.6) is 0 Å². The zero-order valence-electron chi connectivity index (χ0n) is 12.2. The van der Waals surface area contributed by atoms with E-state index in [9.17, 15) is 4.79 Å². The van der Waals surface area contributed by atoms with E-state index in [0.29, 0.717) is 0 Å². The number of nitrogens with zero attached hydrogens (tertiary/aromatic N) is 3. The molecule has 1 aromatic carbocycles. The highest BCUT2D eigenvalue weighted by atomic mass is 16.1. The monoisotopic (exact) mass is 284 g/mol. The summed E-state index contributed by atoms with van der Waals surface area (Å²) in [6, 6.07) is 11.2. The molecule has 5 nitrogen and oxygen atoms in total. The SMILES string of the molecule is Cc1ccccc1-n1nc(N2CCCNCC2)ccc1=O. The maximum absolute atomic E-state index is 12.1. The molecule has 1 aromatic heterocycles. The van der Waals surface area contributed by atoms with Crippen molar-refractivity contribution in [2.45, 2.75) is 13.3 Å². The summed E-state index contributed by atoms with van der Waals surface area (Å²) in [7, 11) is 0. The fourth-order valence-corrected chi connectivity index (χ4v) is 2.62. The second kappa shape index (κ2) is 6.10. The summed E-state index contributed by atoms with van der Waals surface area (Å²) in [5.41, 5.74) is 1.79. The Morgan fingerprint density at radius 3 is 2.81 bits per heavy atom. The third-order valence-electron chi connectivity index (χ3n) is 3.79. The number of hydrogen-bond acceptors (Lipinski definition) is 4. The molecule has 1 aliphatic heterocycles. The predicted octanol–water partition coefficient (Wildman–Crippen LogP) is 1.34. The lowest BCUT2D eigenvalue weighted by Gasteiger charge is -2.21. The van der Waals surface area contributed by atoms with E-state index in [4.69, 9.17) is 0 Å². The third kappa shape index (κ3) is 2.97. The largest absolute Gasteiger partial charge is 0.354 e. The van der Waals surface area contributed by atoms with Crippen LogP contribution in [0.2, 0.25) is 0 Å². The van der Waals surface area contributed by atoms with Crippen molar-refractivity contribution in [3.05, 3.63) is 52.3 Å². The Kier molecular flexibility index (Phi) is 4.01. The Hall–Kier alpha value is -2.14. The highest BCUT2D eigenvalue weighted by molar-refractivity contribution is 5.42. The van der Waals surface area contributed by atoms with E-state index in [1.807, 2.05) is 37.3 Å². The summed E-state index contributed by atoms with van der Waals surface area (Å²) >= 11 is 0. The van der Waals surface area contributed by atoms with E-state index in [2.05, 4.69) is 15.3 Å². The van der Waals surface area contributed by atoms with Gasteiger partial charge in [0.05, 0.1) is 5.69 Å². The van der Waals surface area contributed by atoms with Gasteiger partial charge in [-0.25, -0.2) is 0 Å². The third-order valence-corrected chi connectivity index (χ3v) is 3.79. The van der Waals surface area contributed by atoms with Crippen LogP contribution in [0.3, 0.4) is 0 Å². The molecule has 0 radical (unpaired) electrons. The first-order valence-electron chi connectivity index (χ1n) is 7.38. The number of benzene rings is 1. The second-order valence-electron chi connectivity index (χ2n) is 5.32. The van der Waals surface area contributed by atoms with Crippen LogP contribution < -0.4 is 15.8 Å². The van der Waals surface area contributed by atoms with E-state index in [1.54, 1.807) is 6.07 Å². The van der Waals surface area contributed by atoms with Crippen molar-refractivity contribution >= 4 is 5.82 Å². The summed E-state index contributed by atoms with van der Waals surface area (Å²) in [4.78, 5) is 14.4. The van der Waals surface area contributed by atoms with Crippen LogP contribution in [0, 0.1) is 6.92 Å². The van der Waals surface area contributed by atoms with Gasteiger partial charge < -0.3 is 10.2 Å². The summed E-state index contributed by atoms with van der Waals surface area (Å²) in [6.07, 6.45) is 1.09. The van der Waals surface area contributed by atoms with Gasteiger partial charge in [0.25, 0.3) is 5.56 Å². The van der Waals surface area contributed by atoms with Crippen LogP contribution in [0.4, 0.5) is 5.82 Å². The molecule has 0 spiro atoms. The van der Waals surface area contributed by atoms with Crippen LogP contribution in [0.25, 0.3) is 5.69 Å². The summed E-state index contributed by atoms with van der Waals surface area (Å²) in [5, 5.41) is 7.95. The van der Waals surface area contributed by atoms with Crippen molar-refractivity contribution in [1.82, 2.24) is 15.1 Å². The minimum absolute atomic E-state index is 0.0963. The Balaban J connectivity index is 2.00. The minimum atomic E-state index is -0.0963. The summed E-state index contributed by atoms with van der Waals surface area (Å²) in [6.45, 7) is 5.86. The molecule has 2 heterocycles. The van der Waals surface area contributed by atoms with Crippen molar-refractivity contribution in [3.8, 4) is 5.69 Å². The molecule has 1 fully saturated rings. The Labute approximate surface area is 124 Å².